The number of amides is 2. The maximum absolute atomic E-state index is 13.1. The molecule has 0 bridgehead atoms. The third-order valence-electron chi connectivity index (χ3n) is 3.76. The Kier molecular flexibility index (Phi) is 7.63. The molecule has 3 N–H and O–H groups in total. The summed E-state index contributed by atoms with van der Waals surface area (Å²) in [6.45, 7) is 2.98. The minimum absolute atomic E-state index is 0.0280. The number of aryl methyl sites for hydroxylation is 1. The molecule has 0 radical (unpaired) electrons. The molecule has 0 spiro atoms. The molecule has 158 valence electrons. The zero-order chi connectivity index (χ0) is 21.6. The first-order valence-corrected chi connectivity index (χ1v) is 9.11. The highest BCUT2D eigenvalue weighted by Crippen LogP contribution is 2.29. The molecule has 0 fully saturated rings. The summed E-state index contributed by atoms with van der Waals surface area (Å²) < 4.78 is 39.4. The number of aromatic nitrogens is 2. The summed E-state index contributed by atoms with van der Waals surface area (Å²) in [4.78, 5) is 21.4. The second-order valence-corrected chi connectivity index (χ2v) is 6.99. The number of carbonyl (C=O) groups is 1. The van der Waals surface area contributed by atoms with Crippen molar-refractivity contribution in [2.75, 3.05) is 43.1 Å². The fourth-order valence-corrected chi connectivity index (χ4v) is 2.47. The molecular weight excluding hydrogens is 409 g/mol. The lowest BCUT2D eigenvalue weighted by Gasteiger charge is -2.14. The number of carbonyl (C=O) groups excluding carboxylic acids is 1. The van der Waals surface area contributed by atoms with E-state index in [0.717, 1.165) is 18.2 Å². The van der Waals surface area contributed by atoms with Crippen LogP contribution in [-0.4, -0.2) is 48.1 Å². The Balaban J connectivity index is 2.11. The van der Waals surface area contributed by atoms with Crippen LogP contribution in [0.4, 0.5) is 35.4 Å². The minimum atomic E-state index is -4.68. The first kappa shape index (κ1) is 22.7. The Morgan fingerprint density at radius 1 is 1.17 bits per heavy atom. The van der Waals surface area contributed by atoms with E-state index >= 15 is 0 Å². The summed E-state index contributed by atoms with van der Waals surface area (Å²) in [7, 11) is 3.79. The molecule has 1 aromatic heterocycles. The number of hydrogen-bond donors (Lipinski definition) is 3. The van der Waals surface area contributed by atoms with Gasteiger partial charge in [-0.15, -0.1) is 0 Å². The highest BCUT2D eigenvalue weighted by molar-refractivity contribution is 6.31. The lowest BCUT2D eigenvalue weighted by Crippen LogP contribution is -2.23. The lowest BCUT2D eigenvalue weighted by atomic mass is 10.2. The number of benzene rings is 1. The average Bonchev–Trinajstić information content (AvgIpc) is 2.61. The maximum Gasteiger partial charge on any atom is 0.433 e. The molecule has 0 aliphatic carbocycles. The predicted molar refractivity (Wildman–Crippen MR) is 108 cm³/mol. The molecule has 0 atom stereocenters. The fraction of sp³-hybridized carbons (Fsp3) is 0.389. The highest BCUT2D eigenvalue weighted by Gasteiger charge is 2.34. The van der Waals surface area contributed by atoms with E-state index in [2.05, 4.69) is 25.9 Å². The van der Waals surface area contributed by atoms with Crippen LogP contribution >= 0.6 is 11.6 Å². The third kappa shape index (κ3) is 7.39. The summed E-state index contributed by atoms with van der Waals surface area (Å²) in [6.07, 6.45) is -3.98. The lowest BCUT2D eigenvalue weighted by molar-refractivity contribution is -0.141. The van der Waals surface area contributed by atoms with Crippen LogP contribution in [0.25, 0.3) is 0 Å². The molecule has 2 amide bonds. The van der Waals surface area contributed by atoms with Gasteiger partial charge in [0.25, 0.3) is 0 Å². The van der Waals surface area contributed by atoms with Crippen molar-refractivity contribution in [2.45, 2.75) is 19.5 Å². The van der Waals surface area contributed by atoms with Gasteiger partial charge >= 0.3 is 12.2 Å². The minimum Gasteiger partial charge on any atom is -0.370 e. The maximum atomic E-state index is 13.1. The SMILES string of the molecule is Cc1ccc(NC(=O)Nc2nc(NCCCN(C)C)cc(C(F)(F)F)n2)cc1Cl. The molecular formula is C18H22ClF3N6O. The number of hydrogen-bond acceptors (Lipinski definition) is 5. The van der Waals surface area contributed by atoms with Gasteiger partial charge in [-0.2, -0.15) is 18.2 Å². The number of alkyl halides is 3. The molecule has 29 heavy (non-hydrogen) atoms. The van der Waals surface area contributed by atoms with Crippen molar-refractivity contribution in [3.05, 3.63) is 40.5 Å². The molecule has 2 rings (SSSR count). The van der Waals surface area contributed by atoms with Gasteiger partial charge in [0.05, 0.1) is 0 Å². The van der Waals surface area contributed by atoms with Crippen molar-refractivity contribution in [3.63, 3.8) is 0 Å². The normalized spacial score (nSPS) is 11.4. The number of nitrogens with zero attached hydrogens (tertiary/aromatic N) is 3. The summed E-state index contributed by atoms with van der Waals surface area (Å²) >= 11 is 6.00. The Labute approximate surface area is 171 Å². The number of urea groups is 1. The predicted octanol–water partition coefficient (Wildman–Crippen LogP) is 4.46. The summed E-state index contributed by atoms with van der Waals surface area (Å²) in [5.41, 5.74) is 0.0484. The van der Waals surface area contributed by atoms with Gasteiger partial charge in [-0.05, 0) is 51.7 Å². The zero-order valence-electron chi connectivity index (χ0n) is 16.2. The van der Waals surface area contributed by atoms with Crippen LogP contribution in [0.3, 0.4) is 0 Å². The number of halogens is 4. The number of anilines is 3. The zero-order valence-corrected chi connectivity index (χ0v) is 16.9. The van der Waals surface area contributed by atoms with Gasteiger partial charge in [0.1, 0.15) is 5.82 Å². The molecule has 2 aromatic rings. The van der Waals surface area contributed by atoms with Gasteiger partial charge in [0, 0.05) is 23.3 Å². The molecule has 11 heteroatoms. The van der Waals surface area contributed by atoms with E-state index in [4.69, 9.17) is 11.6 Å². The van der Waals surface area contributed by atoms with Crippen LogP contribution in [-0.2, 0) is 6.18 Å². The summed E-state index contributed by atoms with van der Waals surface area (Å²) in [5.74, 6) is -0.495. The molecule has 1 heterocycles. The highest BCUT2D eigenvalue weighted by atomic mass is 35.5. The standard InChI is InChI=1S/C18H22ClF3N6O/c1-11-5-6-12(9-13(11)19)24-17(29)27-16-25-14(18(20,21)22)10-15(26-16)23-7-4-8-28(2)3/h5-6,9-10H,4,7-8H2,1-3H3,(H3,23,24,25,26,27,29). The molecule has 1 aromatic carbocycles. The Hall–Kier alpha value is -2.59. The van der Waals surface area contributed by atoms with Crippen molar-refractivity contribution < 1.29 is 18.0 Å². The largest absolute Gasteiger partial charge is 0.433 e. The third-order valence-corrected chi connectivity index (χ3v) is 4.17. The van der Waals surface area contributed by atoms with E-state index in [1.807, 2.05) is 19.0 Å². The van der Waals surface area contributed by atoms with Crippen molar-refractivity contribution in [1.82, 2.24) is 14.9 Å². The van der Waals surface area contributed by atoms with Crippen molar-refractivity contribution in [2.24, 2.45) is 0 Å². The first-order valence-electron chi connectivity index (χ1n) is 8.73. The fourth-order valence-electron chi connectivity index (χ4n) is 2.29. The summed E-state index contributed by atoms with van der Waals surface area (Å²) in [5, 5.41) is 7.97. The van der Waals surface area contributed by atoms with Crippen LogP contribution < -0.4 is 16.0 Å². The average molecular weight is 431 g/mol. The Bertz CT molecular complexity index is 860. The van der Waals surface area contributed by atoms with E-state index in [9.17, 15) is 18.0 Å². The van der Waals surface area contributed by atoms with Crippen molar-refractivity contribution in [3.8, 4) is 0 Å². The van der Waals surface area contributed by atoms with Crippen molar-refractivity contribution >= 4 is 35.1 Å². The van der Waals surface area contributed by atoms with Gasteiger partial charge in [0.2, 0.25) is 5.95 Å². The van der Waals surface area contributed by atoms with Gasteiger partial charge < -0.3 is 15.5 Å². The van der Waals surface area contributed by atoms with Gasteiger partial charge in [-0.1, -0.05) is 17.7 Å². The van der Waals surface area contributed by atoms with Gasteiger partial charge in [-0.25, -0.2) is 9.78 Å². The van der Waals surface area contributed by atoms with E-state index in [0.29, 0.717) is 23.7 Å². The monoisotopic (exact) mass is 430 g/mol. The smallest absolute Gasteiger partial charge is 0.370 e. The van der Waals surface area contributed by atoms with Crippen LogP contribution in [0.5, 0.6) is 0 Å². The second-order valence-electron chi connectivity index (χ2n) is 6.59. The van der Waals surface area contributed by atoms with E-state index in [1.54, 1.807) is 19.1 Å². The molecule has 0 aliphatic rings. The molecule has 0 unspecified atom stereocenters. The quantitative estimate of drug-likeness (QED) is 0.565. The first-order chi connectivity index (χ1) is 13.5. The Morgan fingerprint density at radius 2 is 1.90 bits per heavy atom. The van der Waals surface area contributed by atoms with Crippen LogP contribution in [0, 0.1) is 6.92 Å². The number of rotatable bonds is 7. The molecule has 0 saturated heterocycles. The summed E-state index contributed by atoms with van der Waals surface area (Å²) in [6, 6.07) is 4.86. The Morgan fingerprint density at radius 3 is 2.52 bits per heavy atom. The van der Waals surface area contributed by atoms with Crippen LogP contribution in [0.15, 0.2) is 24.3 Å². The van der Waals surface area contributed by atoms with Gasteiger partial charge in [-0.3, -0.25) is 5.32 Å². The van der Waals surface area contributed by atoms with E-state index in [-0.39, 0.29) is 5.82 Å². The molecule has 0 aliphatic heterocycles. The molecule has 0 saturated carbocycles. The van der Waals surface area contributed by atoms with Gasteiger partial charge in [0.15, 0.2) is 5.69 Å². The van der Waals surface area contributed by atoms with Crippen molar-refractivity contribution in [1.29, 1.82) is 0 Å². The topological polar surface area (TPSA) is 82.2 Å². The van der Waals surface area contributed by atoms with E-state index < -0.39 is 23.8 Å². The second kappa shape index (κ2) is 9.75. The number of nitrogens with one attached hydrogen (secondary N) is 3. The van der Waals surface area contributed by atoms with Crippen LogP contribution in [0.2, 0.25) is 5.02 Å². The van der Waals surface area contributed by atoms with Crippen LogP contribution in [0.1, 0.15) is 17.7 Å². The van der Waals surface area contributed by atoms with E-state index in [1.165, 1.54) is 6.07 Å². The molecule has 7 nitrogen and oxygen atoms in total.